The normalized spacial score (nSPS) is 10.6. The number of nitrogens with one attached hydrogen (secondary N) is 1. The fraction of sp³-hybridized carbons (Fsp3) is 0.0455. The van der Waals surface area contributed by atoms with Crippen molar-refractivity contribution in [2.24, 2.45) is 5.10 Å². The van der Waals surface area contributed by atoms with Crippen LogP contribution in [0.15, 0.2) is 65.8 Å². The van der Waals surface area contributed by atoms with Gasteiger partial charge in [-0.2, -0.15) is 5.10 Å². The van der Waals surface area contributed by atoms with E-state index in [1.807, 2.05) is 0 Å². The summed E-state index contributed by atoms with van der Waals surface area (Å²) in [5, 5.41) is 23.1. The fourth-order valence-electron chi connectivity index (χ4n) is 2.57. The van der Waals surface area contributed by atoms with E-state index in [9.17, 15) is 19.8 Å². The van der Waals surface area contributed by atoms with Gasteiger partial charge in [-0.05, 0) is 48.0 Å². The maximum Gasteiger partial charge on any atom is 0.345 e. The molecule has 3 aromatic carbocycles. The van der Waals surface area contributed by atoms with Gasteiger partial charge in [0.25, 0.3) is 5.91 Å². The lowest BCUT2D eigenvalue weighted by molar-refractivity contribution is 0.0729. The van der Waals surface area contributed by atoms with Gasteiger partial charge in [0, 0.05) is 6.07 Å². The topological polar surface area (TPSA) is 117 Å². The largest absolute Gasteiger partial charge is 0.508 e. The summed E-state index contributed by atoms with van der Waals surface area (Å²) in [6.07, 6.45) is 1.34. The summed E-state index contributed by atoms with van der Waals surface area (Å²) in [5.74, 6) is -1.38. The molecule has 31 heavy (non-hydrogen) atoms. The third kappa shape index (κ3) is 5.31. The number of carbonyl (C=O) groups is 2. The molecule has 0 aromatic heterocycles. The number of methoxy groups -OCH3 is 1. The number of amides is 1. The summed E-state index contributed by atoms with van der Waals surface area (Å²) in [5.41, 5.74) is 2.99. The Kier molecular flexibility index (Phi) is 6.74. The Morgan fingerprint density at radius 1 is 1.00 bits per heavy atom. The lowest BCUT2D eigenvalue weighted by Gasteiger charge is -2.10. The van der Waals surface area contributed by atoms with Crippen LogP contribution in [0.1, 0.15) is 26.3 Å². The number of nitrogens with zero attached hydrogens (tertiary/aromatic N) is 1. The zero-order valence-corrected chi connectivity index (χ0v) is 17.0. The molecule has 158 valence electrons. The van der Waals surface area contributed by atoms with Crippen LogP contribution < -0.4 is 14.9 Å². The average molecular weight is 441 g/mol. The van der Waals surface area contributed by atoms with E-state index in [4.69, 9.17) is 21.1 Å². The Morgan fingerprint density at radius 2 is 1.77 bits per heavy atom. The van der Waals surface area contributed by atoms with Crippen molar-refractivity contribution in [2.45, 2.75) is 0 Å². The summed E-state index contributed by atoms with van der Waals surface area (Å²) in [7, 11) is 1.42. The Labute approximate surface area is 182 Å². The molecule has 0 fully saturated rings. The predicted molar refractivity (Wildman–Crippen MR) is 114 cm³/mol. The number of carbonyl (C=O) groups excluding carboxylic acids is 2. The van der Waals surface area contributed by atoms with Gasteiger partial charge in [-0.3, -0.25) is 4.79 Å². The van der Waals surface area contributed by atoms with Crippen molar-refractivity contribution in [3.8, 4) is 23.0 Å². The van der Waals surface area contributed by atoms with Gasteiger partial charge in [0.15, 0.2) is 11.5 Å². The lowest BCUT2D eigenvalue weighted by atomic mass is 10.2. The SMILES string of the molecule is COc1cc(/C=N\NC(=O)c2ccc(O)cc2O)ccc1OC(=O)c1ccccc1Cl. The molecule has 0 bridgehead atoms. The Bertz CT molecular complexity index is 1160. The standard InChI is InChI=1S/C22H17ClN2O6/c1-30-20-10-13(12-24-25-21(28)16-8-7-14(26)11-18(16)27)6-9-19(20)31-22(29)15-4-2-3-5-17(15)23/h2-12,26-27H,1H3,(H,25,28)/b24-12-. The van der Waals surface area contributed by atoms with Crippen molar-refractivity contribution in [1.82, 2.24) is 5.43 Å². The highest BCUT2D eigenvalue weighted by Gasteiger charge is 2.15. The minimum atomic E-state index is -0.661. The van der Waals surface area contributed by atoms with Crippen LogP contribution in [0.25, 0.3) is 0 Å². The number of hydrogen-bond donors (Lipinski definition) is 3. The van der Waals surface area contributed by atoms with E-state index in [0.717, 1.165) is 6.07 Å². The minimum Gasteiger partial charge on any atom is -0.508 e. The second-order valence-corrected chi connectivity index (χ2v) is 6.59. The van der Waals surface area contributed by atoms with Gasteiger partial charge in [-0.15, -0.1) is 0 Å². The highest BCUT2D eigenvalue weighted by atomic mass is 35.5. The van der Waals surface area contributed by atoms with E-state index in [2.05, 4.69) is 10.5 Å². The Hall–Kier alpha value is -4.04. The van der Waals surface area contributed by atoms with Crippen molar-refractivity contribution in [2.75, 3.05) is 7.11 Å². The number of halogens is 1. The molecule has 0 aliphatic heterocycles. The van der Waals surface area contributed by atoms with Crippen molar-refractivity contribution in [3.05, 3.63) is 82.4 Å². The number of rotatable bonds is 6. The number of phenolic OH excluding ortho intramolecular Hbond substituents is 2. The minimum absolute atomic E-state index is 0.0469. The summed E-state index contributed by atoms with van der Waals surface area (Å²) in [6.45, 7) is 0. The zero-order valence-electron chi connectivity index (χ0n) is 16.2. The van der Waals surface area contributed by atoms with Crippen LogP contribution in [-0.4, -0.2) is 35.4 Å². The van der Waals surface area contributed by atoms with E-state index in [0.29, 0.717) is 5.56 Å². The molecule has 3 rings (SSSR count). The first-order chi connectivity index (χ1) is 14.9. The predicted octanol–water partition coefficient (Wildman–Crippen LogP) is 3.74. The van der Waals surface area contributed by atoms with E-state index >= 15 is 0 Å². The second-order valence-electron chi connectivity index (χ2n) is 6.18. The van der Waals surface area contributed by atoms with Crippen LogP contribution in [0.2, 0.25) is 5.02 Å². The maximum atomic E-state index is 12.3. The van der Waals surface area contributed by atoms with E-state index < -0.39 is 11.9 Å². The summed E-state index contributed by atoms with van der Waals surface area (Å²) in [6, 6.07) is 14.8. The van der Waals surface area contributed by atoms with Crippen molar-refractivity contribution < 1.29 is 29.3 Å². The number of esters is 1. The molecule has 0 saturated heterocycles. The maximum absolute atomic E-state index is 12.3. The van der Waals surface area contributed by atoms with E-state index in [-0.39, 0.29) is 39.1 Å². The van der Waals surface area contributed by atoms with E-state index in [1.165, 1.54) is 31.5 Å². The first kappa shape index (κ1) is 21.7. The van der Waals surface area contributed by atoms with Gasteiger partial charge in [0.1, 0.15) is 11.5 Å². The number of hydrazone groups is 1. The number of hydrogen-bond acceptors (Lipinski definition) is 7. The molecule has 0 atom stereocenters. The Balaban J connectivity index is 1.70. The molecule has 3 aromatic rings. The van der Waals surface area contributed by atoms with Crippen molar-refractivity contribution in [3.63, 3.8) is 0 Å². The quantitative estimate of drug-likeness (QED) is 0.232. The molecule has 0 unspecified atom stereocenters. The van der Waals surface area contributed by atoms with Crippen LogP contribution in [-0.2, 0) is 0 Å². The average Bonchev–Trinajstić information content (AvgIpc) is 2.74. The number of phenols is 2. The molecule has 0 aliphatic carbocycles. The molecule has 3 N–H and O–H groups in total. The van der Waals surface area contributed by atoms with Crippen LogP contribution in [0.3, 0.4) is 0 Å². The molecule has 1 amide bonds. The first-order valence-corrected chi connectivity index (χ1v) is 9.27. The third-order valence-electron chi connectivity index (χ3n) is 4.09. The van der Waals surface area contributed by atoms with Crippen LogP contribution >= 0.6 is 11.6 Å². The van der Waals surface area contributed by atoms with Gasteiger partial charge < -0.3 is 19.7 Å². The molecule has 0 aliphatic rings. The molecular formula is C22H17ClN2O6. The molecule has 0 spiro atoms. The van der Waals surface area contributed by atoms with Crippen LogP contribution in [0.5, 0.6) is 23.0 Å². The van der Waals surface area contributed by atoms with E-state index in [1.54, 1.807) is 36.4 Å². The van der Waals surface area contributed by atoms with Gasteiger partial charge in [-0.25, -0.2) is 10.2 Å². The molecular weight excluding hydrogens is 424 g/mol. The highest BCUT2D eigenvalue weighted by molar-refractivity contribution is 6.33. The Morgan fingerprint density at radius 3 is 2.48 bits per heavy atom. The smallest absolute Gasteiger partial charge is 0.345 e. The number of benzene rings is 3. The second kappa shape index (κ2) is 9.64. The summed E-state index contributed by atoms with van der Waals surface area (Å²) < 4.78 is 10.6. The van der Waals surface area contributed by atoms with Gasteiger partial charge in [0.2, 0.25) is 0 Å². The van der Waals surface area contributed by atoms with Crippen molar-refractivity contribution >= 4 is 29.7 Å². The fourth-order valence-corrected chi connectivity index (χ4v) is 2.78. The first-order valence-electron chi connectivity index (χ1n) is 8.89. The summed E-state index contributed by atoms with van der Waals surface area (Å²) in [4.78, 5) is 24.4. The van der Waals surface area contributed by atoms with Crippen LogP contribution in [0, 0.1) is 0 Å². The van der Waals surface area contributed by atoms with Gasteiger partial charge in [0.05, 0.1) is 29.5 Å². The number of ether oxygens (including phenoxy) is 2. The molecule has 0 saturated carbocycles. The molecule has 0 heterocycles. The third-order valence-corrected chi connectivity index (χ3v) is 4.42. The van der Waals surface area contributed by atoms with Crippen molar-refractivity contribution in [1.29, 1.82) is 0 Å². The summed E-state index contributed by atoms with van der Waals surface area (Å²) >= 11 is 6.02. The monoisotopic (exact) mass is 440 g/mol. The number of aromatic hydroxyl groups is 2. The molecule has 8 nitrogen and oxygen atoms in total. The zero-order chi connectivity index (χ0) is 22.4. The molecule has 0 radical (unpaired) electrons. The lowest BCUT2D eigenvalue weighted by Crippen LogP contribution is -2.17. The molecule has 9 heteroatoms. The van der Waals surface area contributed by atoms with Crippen LogP contribution in [0.4, 0.5) is 0 Å². The van der Waals surface area contributed by atoms with Gasteiger partial charge in [-0.1, -0.05) is 23.7 Å². The highest BCUT2D eigenvalue weighted by Crippen LogP contribution is 2.29. The van der Waals surface area contributed by atoms with Gasteiger partial charge >= 0.3 is 5.97 Å².